The zero-order valence-corrected chi connectivity index (χ0v) is 18.6. The van der Waals surface area contributed by atoms with Crippen molar-refractivity contribution in [3.05, 3.63) is 103 Å². The van der Waals surface area contributed by atoms with Gasteiger partial charge in [0.15, 0.2) is 0 Å². The molecule has 154 valence electrons. The number of halogens is 4. The molecule has 3 aromatic rings. The summed E-state index contributed by atoms with van der Waals surface area (Å²) in [5, 5.41) is 9.84. The molecule has 0 saturated heterocycles. The Kier molecular flexibility index (Phi) is 8.40. The lowest BCUT2D eigenvalue weighted by molar-refractivity contribution is 0.128. The third-order valence-electron chi connectivity index (χ3n) is 3.89. The molecule has 0 amide bonds. The molecule has 0 saturated carbocycles. The fourth-order valence-corrected chi connectivity index (χ4v) is 3.03. The van der Waals surface area contributed by atoms with Gasteiger partial charge >= 0.3 is 0 Å². The molecule has 0 unspecified atom stereocenters. The highest BCUT2D eigenvalue weighted by Crippen LogP contribution is 2.22. The molecule has 3 aromatic carbocycles. The predicted octanol–water partition coefficient (Wildman–Crippen LogP) is 7.40. The largest absolute Gasteiger partial charge is 0.391 e. The molecule has 8 heteroatoms. The van der Waals surface area contributed by atoms with Gasteiger partial charge in [-0.3, -0.25) is 0 Å². The van der Waals surface area contributed by atoms with Crippen LogP contribution >= 0.6 is 46.4 Å². The van der Waals surface area contributed by atoms with Crippen molar-refractivity contribution >= 4 is 58.8 Å². The van der Waals surface area contributed by atoms with E-state index in [4.69, 9.17) is 56.1 Å². The van der Waals surface area contributed by atoms with Crippen molar-refractivity contribution in [2.45, 2.75) is 13.2 Å². The van der Waals surface area contributed by atoms with Crippen LogP contribution in [0, 0.1) is 0 Å². The van der Waals surface area contributed by atoms with Gasteiger partial charge in [-0.2, -0.15) is 0 Å². The highest BCUT2D eigenvalue weighted by molar-refractivity contribution is 6.42. The molecule has 0 radical (unpaired) electrons. The van der Waals surface area contributed by atoms with Crippen LogP contribution in [0.15, 0.2) is 71.0 Å². The second-order valence-electron chi connectivity index (χ2n) is 6.18. The van der Waals surface area contributed by atoms with Crippen molar-refractivity contribution < 1.29 is 9.68 Å². The standard InChI is InChI=1S/C22H16Cl4N2O2/c23-19-6-4-15(9-21(19)25)11-27-29-13-17-2-1-3-18(8-17)14-30-28-12-16-5-7-20(24)22(26)10-16/h1-12H,13-14H2/b27-11-,28-12-. The monoisotopic (exact) mass is 480 g/mol. The van der Waals surface area contributed by atoms with E-state index in [0.29, 0.717) is 33.3 Å². The Bertz CT molecular complexity index is 990. The van der Waals surface area contributed by atoms with E-state index < -0.39 is 0 Å². The van der Waals surface area contributed by atoms with Crippen LogP contribution in [-0.4, -0.2) is 12.4 Å². The van der Waals surface area contributed by atoms with Gasteiger partial charge in [0.2, 0.25) is 0 Å². The third-order valence-corrected chi connectivity index (χ3v) is 5.37. The van der Waals surface area contributed by atoms with Crippen LogP contribution in [0.4, 0.5) is 0 Å². The van der Waals surface area contributed by atoms with Gasteiger partial charge in [-0.05, 0) is 52.6 Å². The van der Waals surface area contributed by atoms with Gasteiger partial charge in [0, 0.05) is 0 Å². The summed E-state index contributed by atoms with van der Waals surface area (Å²) in [6.45, 7) is 0.635. The molecule has 0 aliphatic heterocycles. The molecular formula is C22H16Cl4N2O2. The van der Waals surface area contributed by atoms with E-state index in [2.05, 4.69) is 10.3 Å². The van der Waals surface area contributed by atoms with Crippen LogP contribution in [-0.2, 0) is 22.9 Å². The fourth-order valence-electron chi connectivity index (χ4n) is 2.41. The second-order valence-corrected chi connectivity index (χ2v) is 7.81. The molecule has 0 heterocycles. The highest BCUT2D eigenvalue weighted by Gasteiger charge is 2.00. The number of hydrogen-bond acceptors (Lipinski definition) is 4. The lowest BCUT2D eigenvalue weighted by atomic mass is 10.1. The molecule has 0 aliphatic rings. The zero-order valence-electron chi connectivity index (χ0n) is 15.6. The maximum absolute atomic E-state index is 5.97. The summed E-state index contributed by atoms with van der Waals surface area (Å²) >= 11 is 23.7. The summed E-state index contributed by atoms with van der Waals surface area (Å²) in [5.74, 6) is 0. The van der Waals surface area contributed by atoms with Crippen molar-refractivity contribution in [3.8, 4) is 0 Å². The van der Waals surface area contributed by atoms with E-state index in [1.54, 1.807) is 48.8 Å². The molecule has 0 aliphatic carbocycles. The average Bonchev–Trinajstić information content (AvgIpc) is 2.74. The fraction of sp³-hybridized carbons (Fsp3) is 0.0909. The summed E-state index contributed by atoms with van der Waals surface area (Å²) in [7, 11) is 0. The topological polar surface area (TPSA) is 43.2 Å². The lowest BCUT2D eigenvalue weighted by Gasteiger charge is -2.04. The molecule has 0 fully saturated rings. The number of hydrogen-bond donors (Lipinski definition) is 0. The zero-order chi connectivity index (χ0) is 21.3. The minimum absolute atomic E-state index is 0.318. The summed E-state index contributed by atoms with van der Waals surface area (Å²) < 4.78 is 0. The van der Waals surface area contributed by atoms with E-state index in [-0.39, 0.29) is 0 Å². The second kappa shape index (κ2) is 11.2. The van der Waals surface area contributed by atoms with Gasteiger partial charge in [-0.15, -0.1) is 0 Å². The Balaban J connectivity index is 1.48. The maximum Gasteiger partial charge on any atom is 0.142 e. The van der Waals surface area contributed by atoms with E-state index in [9.17, 15) is 0 Å². The van der Waals surface area contributed by atoms with Gasteiger partial charge in [-0.25, -0.2) is 0 Å². The average molecular weight is 482 g/mol. The van der Waals surface area contributed by atoms with Gasteiger partial charge in [0.05, 0.1) is 32.5 Å². The quantitative estimate of drug-likeness (QED) is 0.248. The molecule has 0 N–H and O–H groups in total. The summed E-state index contributed by atoms with van der Waals surface area (Å²) in [4.78, 5) is 10.7. The number of nitrogens with zero attached hydrogens (tertiary/aromatic N) is 2. The summed E-state index contributed by atoms with van der Waals surface area (Å²) in [5.41, 5.74) is 3.50. The normalized spacial score (nSPS) is 11.3. The van der Waals surface area contributed by atoms with Crippen LogP contribution in [0.1, 0.15) is 22.3 Å². The van der Waals surface area contributed by atoms with E-state index >= 15 is 0 Å². The van der Waals surface area contributed by atoms with Crippen molar-refractivity contribution in [2.24, 2.45) is 10.3 Å². The van der Waals surface area contributed by atoms with E-state index in [1.807, 2.05) is 24.3 Å². The van der Waals surface area contributed by atoms with E-state index in [1.165, 1.54) is 0 Å². The highest BCUT2D eigenvalue weighted by atomic mass is 35.5. The molecule has 4 nitrogen and oxygen atoms in total. The van der Waals surface area contributed by atoms with Crippen LogP contribution in [0.3, 0.4) is 0 Å². The molecule has 30 heavy (non-hydrogen) atoms. The molecule has 0 atom stereocenters. The van der Waals surface area contributed by atoms with Crippen molar-refractivity contribution in [3.63, 3.8) is 0 Å². The molecule has 0 bridgehead atoms. The first-order valence-electron chi connectivity index (χ1n) is 8.80. The molecule has 3 rings (SSSR count). The van der Waals surface area contributed by atoms with Gasteiger partial charge in [0.1, 0.15) is 13.2 Å². The summed E-state index contributed by atoms with van der Waals surface area (Å²) in [6.07, 6.45) is 3.15. The first-order chi connectivity index (χ1) is 14.5. The van der Waals surface area contributed by atoms with Crippen molar-refractivity contribution in [1.82, 2.24) is 0 Å². The molecule has 0 spiro atoms. The number of rotatable bonds is 8. The van der Waals surface area contributed by atoms with Crippen LogP contribution in [0.25, 0.3) is 0 Å². The molecular weight excluding hydrogens is 466 g/mol. The number of benzene rings is 3. The Morgan fingerprint density at radius 3 is 1.50 bits per heavy atom. The molecule has 0 aromatic heterocycles. The SMILES string of the molecule is Clc1ccc(/C=N\OCc2cccc(CO/N=C\c3ccc(Cl)c(Cl)c3)c2)cc1Cl. The van der Waals surface area contributed by atoms with Crippen LogP contribution in [0.5, 0.6) is 0 Å². The Hall–Kier alpha value is -2.24. The summed E-state index contributed by atoms with van der Waals surface area (Å²) in [6, 6.07) is 18.2. The van der Waals surface area contributed by atoms with Gasteiger partial charge in [-0.1, -0.05) is 87.0 Å². The minimum atomic E-state index is 0.318. The number of oxime groups is 2. The minimum Gasteiger partial charge on any atom is -0.391 e. The first-order valence-corrected chi connectivity index (χ1v) is 10.3. The van der Waals surface area contributed by atoms with Gasteiger partial charge < -0.3 is 9.68 Å². The van der Waals surface area contributed by atoms with Crippen molar-refractivity contribution in [1.29, 1.82) is 0 Å². The Labute approximate surface area is 194 Å². The predicted molar refractivity (Wildman–Crippen MR) is 124 cm³/mol. The van der Waals surface area contributed by atoms with Crippen LogP contribution < -0.4 is 0 Å². The smallest absolute Gasteiger partial charge is 0.142 e. The Morgan fingerprint density at radius 2 is 1.07 bits per heavy atom. The van der Waals surface area contributed by atoms with E-state index in [0.717, 1.165) is 22.3 Å². The third kappa shape index (κ3) is 6.92. The maximum atomic E-state index is 5.97. The van der Waals surface area contributed by atoms with Gasteiger partial charge in [0.25, 0.3) is 0 Å². The van der Waals surface area contributed by atoms with Crippen LogP contribution in [0.2, 0.25) is 20.1 Å². The first kappa shape index (κ1) is 22.4. The lowest BCUT2D eigenvalue weighted by Crippen LogP contribution is -1.93. The van der Waals surface area contributed by atoms with Crippen molar-refractivity contribution in [2.75, 3.05) is 0 Å². The Morgan fingerprint density at radius 1 is 0.600 bits per heavy atom.